The third-order valence-corrected chi connectivity index (χ3v) is 4.24. The highest BCUT2D eigenvalue weighted by Gasteiger charge is 2.13. The summed E-state index contributed by atoms with van der Waals surface area (Å²) < 4.78 is 5.20. The largest absolute Gasteiger partial charge is 0.497 e. The number of nitrogens with zero attached hydrogens (tertiary/aromatic N) is 2. The molecule has 1 heterocycles. The van der Waals surface area contributed by atoms with E-state index in [0.29, 0.717) is 0 Å². The highest BCUT2D eigenvalue weighted by atomic mass is 16.5. The van der Waals surface area contributed by atoms with E-state index in [1.165, 1.54) is 38.2 Å². The van der Waals surface area contributed by atoms with Crippen molar-refractivity contribution in [2.75, 3.05) is 52.9 Å². The molecular formula is C17H29N3O. The van der Waals surface area contributed by atoms with Crippen LogP contribution in [0.5, 0.6) is 5.75 Å². The zero-order chi connectivity index (χ0) is 14.9. The minimum absolute atomic E-state index is 0.803. The van der Waals surface area contributed by atoms with Gasteiger partial charge in [-0.1, -0.05) is 12.1 Å². The molecule has 4 heteroatoms. The number of benzene rings is 1. The molecule has 0 amide bonds. The number of hydrogen-bond acceptors (Lipinski definition) is 4. The molecule has 21 heavy (non-hydrogen) atoms. The van der Waals surface area contributed by atoms with Crippen molar-refractivity contribution in [3.63, 3.8) is 0 Å². The molecule has 0 aliphatic carbocycles. The molecule has 1 aromatic rings. The summed E-state index contributed by atoms with van der Waals surface area (Å²) in [7, 11) is 1.71. The van der Waals surface area contributed by atoms with E-state index in [0.717, 1.165) is 38.2 Å². The fraction of sp³-hybridized carbons (Fsp3) is 0.647. The number of methoxy groups -OCH3 is 1. The van der Waals surface area contributed by atoms with Crippen molar-refractivity contribution in [1.29, 1.82) is 0 Å². The van der Waals surface area contributed by atoms with Gasteiger partial charge < -0.3 is 20.3 Å². The van der Waals surface area contributed by atoms with Crippen LogP contribution in [0.15, 0.2) is 24.3 Å². The lowest BCUT2D eigenvalue weighted by Gasteiger charge is -2.21. The van der Waals surface area contributed by atoms with Gasteiger partial charge in [-0.3, -0.25) is 0 Å². The van der Waals surface area contributed by atoms with E-state index in [2.05, 4.69) is 21.9 Å². The first-order valence-corrected chi connectivity index (χ1v) is 8.09. The summed E-state index contributed by atoms with van der Waals surface area (Å²) in [4.78, 5) is 5.15. The molecule has 0 radical (unpaired) electrons. The second kappa shape index (κ2) is 9.03. The van der Waals surface area contributed by atoms with Crippen LogP contribution in [0.3, 0.4) is 0 Å². The van der Waals surface area contributed by atoms with Gasteiger partial charge >= 0.3 is 0 Å². The standard InChI is InChI=1S/C17H29N3O/c1-21-17-6-4-16(5-7-17)8-13-20-12-3-11-19(14-15-20)10-2-9-18/h4-7H,2-3,8-15,18H2,1H3. The second-order valence-corrected chi connectivity index (χ2v) is 5.78. The quantitative estimate of drug-likeness (QED) is 0.828. The molecule has 4 nitrogen and oxygen atoms in total. The summed E-state index contributed by atoms with van der Waals surface area (Å²) in [6.45, 7) is 7.91. The Hall–Kier alpha value is -1.10. The van der Waals surface area contributed by atoms with Crippen LogP contribution in [-0.2, 0) is 6.42 Å². The number of hydrogen-bond donors (Lipinski definition) is 1. The molecule has 2 N–H and O–H groups in total. The number of ether oxygens (including phenoxy) is 1. The Bertz CT molecular complexity index is 394. The van der Waals surface area contributed by atoms with Crippen molar-refractivity contribution < 1.29 is 4.74 Å². The van der Waals surface area contributed by atoms with E-state index in [-0.39, 0.29) is 0 Å². The van der Waals surface area contributed by atoms with E-state index >= 15 is 0 Å². The highest BCUT2D eigenvalue weighted by Crippen LogP contribution is 2.12. The molecule has 0 saturated carbocycles. The Morgan fingerprint density at radius 3 is 2.29 bits per heavy atom. The molecule has 1 aliphatic heterocycles. The Morgan fingerprint density at radius 2 is 1.67 bits per heavy atom. The Labute approximate surface area is 128 Å². The molecule has 1 fully saturated rings. The molecule has 1 aliphatic rings. The first-order valence-electron chi connectivity index (χ1n) is 8.09. The van der Waals surface area contributed by atoms with Crippen LogP contribution in [0.1, 0.15) is 18.4 Å². The molecule has 1 aromatic carbocycles. The molecule has 0 atom stereocenters. The maximum atomic E-state index is 5.60. The molecular weight excluding hydrogens is 262 g/mol. The van der Waals surface area contributed by atoms with Gasteiger partial charge in [-0.15, -0.1) is 0 Å². The van der Waals surface area contributed by atoms with Gasteiger partial charge in [0.2, 0.25) is 0 Å². The summed E-state index contributed by atoms with van der Waals surface area (Å²) in [5, 5.41) is 0. The first-order chi connectivity index (χ1) is 10.3. The Kier molecular flexibility index (Phi) is 7.00. The van der Waals surface area contributed by atoms with Crippen molar-refractivity contribution in [2.45, 2.75) is 19.3 Å². The fourth-order valence-corrected chi connectivity index (χ4v) is 2.87. The van der Waals surface area contributed by atoms with Gasteiger partial charge in [0.25, 0.3) is 0 Å². The number of nitrogens with two attached hydrogens (primary N) is 1. The van der Waals surface area contributed by atoms with Gasteiger partial charge in [-0.05, 0) is 63.1 Å². The Morgan fingerprint density at radius 1 is 1.00 bits per heavy atom. The lowest BCUT2D eigenvalue weighted by Crippen LogP contribution is -2.33. The highest BCUT2D eigenvalue weighted by molar-refractivity contribution is 5.27. The molecule has 2 rings (SSSR count). The van der Waals surface area contributed by atoms with Gasteiger partial charge in [0.15, 0.2) is 0 Å². The average molecular weight is 291 g/mol. The fourth-order valence-electron chi connectivity index (χ4n) is 2.87. The molecule has 0 spiro atoms. The lowest BCUT2D eigenvalue weighted by atomic mass is 10.1. The monoisotopic (exact) mass is 291 g/mol. The van der Waals surface area contributed by atoms with Gasteiger partial charge in [-0.2, -0.15) is 0 Å². The van der Waals surface area contributed by atoms with Crippen LogP contribution in [0.4, 0.5) is 0 Å². The van der Waals surface area contributed by atoms with Crippen LogP contribution in [0.2, 0.25) is 0 Å². The van der Waals surface area contributed by atoms with Crippen molar-refractivity contribution >= 4 is 0 Å². The smallest absolute Gasteiger partial charge is 0.118 e. The van der Waals surface area contributed by atoms with Crippen LogP contribution in [-0.4, -0.2) is 62.7 Å². The lowest BCUT2D eigenvalue weighted by molar-refractivity contribution is 0.257. The van der Waals surface area contributed by atoms with Gasteiger partial charge in [0.1, 0.15) is 5.75 Å². The van der Waals surface area contributed by atoms with Gasteiger partial charge in [-0.25, -0.2) is 0 Å². The van der Waals surface area contributed by atoms with E-state index in [1.54, 1.807) is 7.11 Å². The average Bonchev–Trinajstić information content (AvgIpc) is 2.76. The number of rotatable bonds is 7. The minimum atomic E-state index is 0.803. The molecule has 0 unspecified atom stereocenters. The van der Waals surface area contributed by atoms with Gasteiger partial charge in [0.05, 0.1) is 7.11 Å². The van der Waals surface area contributed by atoms with E-state index in [9.17, 15) is 0 Å². The first kappa shape index (κ1) is 16.3. The third-order valence-electron chi connectivity index (χ3n) is 4.24. The topological polar surface area (TPSA) is 41.7 Å². The zero-order valence-electron chi connectivity index (χ0n) is 13.3. The minimum Gasteiger partial charge on any atom is -0.497 e. The summed E-state index contributed by atoms with van der Waals surface area (Å²) >= 11 is 0. The van der Waals surface area contributed by atoms with Crippen molar-refractivity contribution in [3.05, 3.63) is 29.8 Å². The van der Waals surface area contributed by atoms with Crippen molar-refractivity contribution in [3.8, 4) is 5.75 Å². The van der Waals surface area contributed by atoms with E-state index in [1.807, 2.05) is 12.1 Å². The third kappa shape index (κ3) is 5.65. The summed E-state index contributed by atoms with van der Waals surface area (Å²) in [5.74, 6) is 0.934. The predicted octanol–water partition coefficient (Wildman–Crippen LogP) is 1.59. The summed E-state index contributed by atoms with van der Waals surface area (Å²) in [6, 6.07) is 8.44. The second-order valence-electron chi connectivity index (χ2n) is 5.78. The predicted molar refractivity (Wildman–Crippen MR) is 87.9 cm³/mol. The van der Waals surface area contributed by atoms with Crippen molar-refractivity contribution in [1.82, 2.24) is 9.80 Å². The van der Waals surface area contributed by atoms with Crippen molar-refractivity contribution in [2.24, 2.45) is 5.73 Å². The summed E-state index contributed by atoms with van der Waals surface area (Å²) in [6.07, 6.45) is 3.51. The van der Waals surface area contributed by atoms with Crippen LogP contribution < -0.4 is 10.5 Å². The SMILES string of the molecule is COc1ccc(CCN2CCCN(CCCN)CC2)cc1. The molecule has 0 aromatic heterocycles. The zero-order valence-corrected chi connectivity index (χ0v) is 13.3. The normalized spacial score (nSPS) is 17.6. The molecule has 118 valence electrons. The van der Waals surface area contributed by atoms with E-state index < -0.39 is 0 Å². The van der Waals surface area contributed by atoms with E-state index in [4.69, 9.17) is 10.5 Å². The maximum Gasteiger partial charge on any atom is 0.118 e. The summed E-state index contributed by atoms with van der Waals surface area (Å²) in [5.41, 5.74) is 6.99. The van der Waals surface area contributed by atoms with Crippen LogP contribution in [0, 0.1) is 0 Å². The van der Waals surface area contributed by atoms with Gasteiger partial charge in [0, 0.05) is 19.6 Å². The van der Waals surface area contributed by atoms with Crippen LogP contribution >= 0.6 is 0 Å². The molecule has 0 bridgehead atoms. The Balaban J connectivity index is 1.72. The van der Waals surface area contributed by atoms with Crippen LogP contribution in [0.25, 0.3) is 0 Å². The maximum absolute atomic E-state index is 5.60. The molecule has 1 saturated heterocycles.